The molecule has 0 radical (unpaired) electrons. The molecule has 1 saturated carbocycles. The van der Waals surface area contributed by atoms with Crippen LogP contribution in [0.25, 0.3) is 0 Å². The van der Waals surface area contributed by atoms with Gasteiger partial charge in [-0.25, -0.2) is 4.79 Å². The van der Waals surface area contributed by atoms with Crippen molar-refractivity contribution in [1.82, 2.24) is 9.80 Å². The Bertz CT molecular complexity index is 1610. The van der Waals surface area contributed by atoms with E-state index in [1.54, 1.807) is 11.0 Å². The number of carbonyl (C=O) groups is 1. The molecule has 11 nitrogen and oxygen atoms in total. The highest BCUT2D eigenvalue weighted by Gasteiger charge is 2.65. The second-order valence-corrected chi connectivity index (χ2v) is 15.1. The maximum Gasteiger partial charge on any atom is 0.410 e. The Morgan fingerprint density at radius 2 is 1.85 bits per heavy atom. The summed E-state index contributed by atoms with van der Waals surface area (Å²) in [7, 11) is 0. The molecule has 55 heavy (non-hydrogen) atoms. The molecular formula is C44H61N3O8. The Morgan fingerprint density at radius 3 is 2.56 bits per heavy atom. The summed E-state index contributed by atoms with van der Waals surface area (Å²) in [4.78, 5) is 24.3. The van der Waals surface area contributed by atoms with Crippen LogP contribution in [-0.2, 0) is 20.9 Å². The van der Waals surface area contributed by atoms with Crippen LogP contribution in [0.1, 0.15) is 82.3 Å². The number of oxime groups is 1. The van der Waals surface area contributed by atoms with Gasteiger partial charge in [-0.05, 0) is 80.2 Å². The van der Waals surface area contributed by atoms with Gasteiger partial charge in [-0.2, -0.15) is 0 Å². The third kappa shape index (κ3) is 9.56. The summed E-state index contributed by atoms with van der Waals surface area (Å²) < 4.78 is 26.7. The largest absolute Gasteiger partial charge is 0.492 e. The first kappa shape index (κ1) is 40.8. The number of hydrogen-bond donors (Lipinski definition) is 2. The molecule has 2 fully saturated rings. The van der Waals surface area contributed by atoms with Crippen molar-refractivity contribution in [3.05, 3.63) is 84.0 Å². The lowest BCUT2D eigenvalue weighted by Gasteiger charge is -2.59. The Balaban J connectivity index is 1.51. The number of benzene rings is 2. The number of carbonyl (C=O) groups excluding carboxylic acids is 1. The summed E-state index contributed by atoms with van der Waals surface area (Å²) in [6.45, 7) is 13.1. The number of nitrogens with zero attached hydrogens (tertiary/aromatic N) is 3. The van der Waals surface area contributed by atoms with E-state index in [9.17, 15) is 15.0 Å². The van der Waals surface area contributed by atoms with Crippen LogP contribution < -0.4 is 9.47 Å². The molecule has 2 aromatic rings. The standard InChI is InChI=1S/C44H61N3O8/c1-4-20-47(43(50)52-31-32-14-8-7-9-15-32)40-30-38(45-54-6-3)36-28-33(16-10-12-24-48)35(17-11-13-25-49)41-37-29-34(51-27-23-46-21-22-46)18-19-39(37)55-44(40,42(36)41)53-26-5-2/h5,7-9,14-15,18-19,28-29,33,35,40-42,48-49H,2,4,6,10-13,16-17,20-27,30-31H2,1,3H3/t33-,35+,40-,41+,42+,44+/m0/s1. The topological polar surface area (TPSA) is 122 Å². The molecule has 2 N–H and O–H groups in total. The molecule has 2 aromatic carbocycles. The molecule has 0 spiro atoms. The number of amides is 1. The second-order valence-electron chi connectivity index (χ2n) is 15.1. The number of allylic oxidation sites excluding steroid dienone is 1. The molecule has 6 atom stereocenters. The van der Waals surface area contributed by atoms with E-state index < -0.39 is 17.9 Å². The minimum absolute atomic E-state index is 0.111. The fourth-order valence-electron chi connectivity index (χ4n) is 8.88. The van der Waals surface area contributed by atoms with Gasteiger partial charge in [0, 0.05) is 57.3 Å². The summed E-state index contributed by atoms with van der Waals surface area (Å²) in [5.41, 5.74) is 3.73. The van der Waals surface area contributed by atoms with Crippen molar-refractivity contribution in [2.75, 3.05) is 59.2 Å². The summed E-state index contributed by atoms with van der Waals surface area (Å²) in [5.74, 6) is -0.0214. The van der Waals surface area contributed by atoms with Gasteiger partial charge >= 0.3 is 6.09 Å². The first-order chi connectivity index (χ1) is 27.0. The lowest BCUT2D eigenvalue weighted by atomic mass is 9.55. The van der Waals surface area contributed by atoms with Gasteiger partial charge < -0.3 is 34.0 Å². The minimum atomic E-state index is -1.32. The highest BCUT2D eigenvalue weighted by Crippen LogP contribution is 2.62. The van der Waals surface area contributed by atoms with Crippen molar-refractivity contribution >= 4 is 11.8 Å². The molecule has 4 aliphatic rings. The van der Waals surface area contributed by atoms with Gasteiger partial charge in [0.15, 0.2) is 0 Å². The van der Waals surface area contributed by atoms with Crippen molar-refractivity contribution in [2.45, 2.75) is 89.6 Å². The van der Waals surface area contributed by atoms with Gasteiger partial charge in [-0.15, -0.1) is 6.58 Å². The van der Waals surface area contributed by atoms with Crippen molar-refractivity contribution in [2.24, 2.45) is 22.9 Å². The summed E-state index contributed by atoms with van der Waals surface area (Å²) >= 11 is 0. The molecule has 2 aliphatic heterocycles. The zero-order valence-corrected chi connectivity index (χ0v) is 32.8. The predicted molar refractivity (Wildman–Crippen MR) is 212 cm³/mol. The lowest BCUT2D eigenvalue weighted by Crippen LogP contribution is -2.70. The average molecular weight is 760 g/mol. The molecule has 2 aliphatic carbocycles. The summed E-state index contributed by atoms with van der Waals surface area (Å²) in [5, 5.41) is 24.5. The minimum Gasteiger partial charge on any atom is -0.492 e. The van der Waals surface area contributed by atoms with Gasteiger partial charge in [0.25, 0.3) is 0 Å². The number of aliphatic hydroxyl groups excluding tert-OH is 2. The number of unbranched alkanes of at least 4 members (excludes halogenated alkanes) is 2. The Hall–Kier alpha value is -3.90. The van der Waals surface area contributed by atoms with Crippen molar-refractivity contribution in [3.63, 3.8) is 0 Å². The van der Waals surface area contributed by atoms with Crippen LogP contribution in [-0.4, -0.2) is 103 Å². The summed E-state index contributed by atoms with van der Waals surface area (Å²) in [6.07, 6.45) is 9.57. The van der Waals surface area contributed by atoms with Gasteiger partial charge in [0.05, 0.1) is 18.2 Å². The van der Waals surface area contributed by atoms with Crippen molar-refractivity contribution in [3.8, 4) is 11.5 Å². The van der Waals surface area contributed by atoms with Crippen LogP contribution in [0.5, 0.6) is 11.5 Å². The Labute approximate surface area is 326 Å². The fourth-order valence-corrected chi connectivity index (χ4v) is 8.88. The Kier molecular flexibility index (Phi) is 14.7. The van der Waals surface area contributed by atoms with Gasteiger partial charge in [-0.1, -0.05) is 67.4 Å². The van der Waals surface area contributed by atoms with E-state index >= 15 is 0 Å². The van der Waals surface area contributed by atoms with Crippen LogP contribution in [0.2, 0.25) is 0 Å². The van der Waals surface area contributed by atoms with Gasteiger partial charge in [0.1, 0.15) is 37.4 Å². The maximum absolute atomic E-state index is 14.4. The molecule has 0 aromatic heterocycles. The summed E-state index contributed by atoms with van der Waals surface area (Å²) in [6, 6.07) is 15.2. The van der Waals surface area contributed by atoms with E-state index in [-0.39, 0.29) is 50.1 Å². The predicted octanol–water partition coefficient (Wildman–Crippen LogP) is 7.08. The third-order valence-corrected chi connectivity index (χ3v) is 11.4. The van der Waals surface area contributed by atoms with Crippen LogP contribution in [0.3, 0.4) is 0 Å². The lowest BCUT2D eigenvalue weighted by molar-refractivity contribution is -0.255. The molecule has 0 unspecified atom stereocenters. The van der Waals surface area contributed by atoms with E-state index in [0.29, 0.717) is 44.8 Å². The molecular weight excluding hydrogens is 698 g/mol. The molecule has 2 heterocycles. The zero-order valence-electron chi connectivity index (χ0n) is 32.8. The second kappa shape index (κ2) is 19.8. The van der Waals surface area contributed by atoms with Gasteiger partial charge in [0.2, 0.25) is 5.79 Å². The van der Waals surface area contributed by atoms with E-state index in [2.05, 4.69) is 30.5 Å². The number of hydrogen-bond acceptors (Lipinski definition) is 10. The van der Waals surface area contributed by atoms with Crippen molar-refractivity contribution in [1.29, 1.82) is 0 Å². The molecule has 0 bridgehead atoms. The zero-order chi connectivity index (χ0) is 38.6. The van der Waals surface area contributed by atoms with E-state index in [1.807, 2.05) is 49.4 Å². The third-order valence-electron chi connectivity index (χ3n) is 11.4. The highest BCUT2D eigenvalue weighted by atomic mass is 16.7. The van der Waals surface area contributed by atoms with Crippen LogP contribution in [0.4, 0.5) is 4.79 Å². The SMILES string of the molecule is C=CCO[C@@]12Oc3ccc(OCCN4CC4)cc3[C@H]3[C@H](CCCCO)[C@@H](CCCCO)C=C(C(=NOCC)C[C@@H]1N(CCC)C(=O)OCc1ccccc1)[C@H]32. The fraction of sp³-hybridized carbons (Fsp3) is 0.591. The molecule has 1 saturated heterocycles. The number of fused-ring (bicyclic) bond motifs is 2. The van der Waals surface area contributed by atoms with Crippen LogP contribution in [0.15, 0.2) is 78.0 Å². The van der Waals surface area contributed by atoms with E-state index in [1.165, 1.54) is 0 Å². The van der Waals surface area contributed by atoms with E-state index in [4.69, 9.17) is 28.9 Å². The van der Waals surface area contributed by atoms with Gasteiger partial charge in [-0.3, -0.25) is 9.80 Å². The molecule has 300 valence electrons. The first-order valence-electron chi connectivity index (χ1n) is 20.5. The quantitative estimate of drug-likeness (QED) is 0.0561. The van der Waals surface area contributed by atoms with Crippen LogP contribution in [0, 0.1) is 17.8 Å². The molecule has 11 heteroatoms. The first-order valence-corrected chi connectivity index (χ1v) is 20.5. The number of rotatable bonds is 22. The monoisotopic (exact) mass is 759 g/mol. The molecule has 1 amide bonds. The highest BCUT2D eigenvalue weighted by molar-refractivity contribution is 6.03. The smallest absolute Gasteiger partial charge is 0.410 e. The van der Waals surface area contributed by atoms with E-state index in [0.717, 1.165) is 79.9 Å². The van der Waals surface area contributed by atoms with Crippen molar-refractivity contribution < 1.29 is 38.8 Å². The maximum atomic E-state index is 14.4. The molecule has 6 rings (SSSR count). The normalized spacial score (nSPS) is 25.9. The Morgan fingerprint density at radius 1 is 1.07 bits per heavy atom. The average Bonchev–Trinajstić information content (AvgIpc) is 4.04. The number of ether oxygens (including phenoxy) is 4. The number of aliphatic hydroxyl groups is 2. The van der Waals surface area contributed by atoms with Crippen LogP contribution >= 0.6 is 0 Å².